The van der Waals surface area contributed by atoms with Gasteiger partial charge in [-0.1, -0.05) is 25.3 Å². The molecule has 1 aromatic rings. The molecule has 0 bridgehead atoms. The minimum Gasteiger partial charge on any atom is -0.355 e. The number of guanidine groups is 1. The quantitative estimate of drug-likeness (QED) is 0.506. The molecule has 28 heavy (non-hydrogen) atoms. The maximum Gasteiger partial charge on any atom is 0.191 e. The largest absolute Gasteiger partial charge is 0.355 e. The molecule has 0 spiro atoms. The number of halogens is 1. The van der Waals surface area contributed by atoms with Gasteiger partial charge in [-0.25, -0.2) is 12.8 Å². The van der Waals surface area contributed by atoms with E-state index in [0.29, 0.717) is 29.7 Å². The van der Waals surface area contributed by atoms with E-state index in [0.717, 1.165) is 13.1 Å². The highest BCUT2D eigenvalue weighted by Gasteiger charge is 2.17. The third kappa shape index (κ3) is 7.75. The topological polar surface area (TPSA) is 73.8 Å². The van der Waals surface area contributed by atoms with E-state index in [1.165, 1.54) is 56.6 Å². The van der Waals surface area contributed by atoms with Gasteiger partial charge in [0.15, 0.2) is 15.8 Å². The van der Waals surface area contributed by atoms with Crippen molar-refractivity contribution in [1.82, 2.24) is 15.5 Å². The Kier molecular flexibility index (Phi) is 8.69. The smallest absolute Gasteiger partial charge is 0.191 e. The Morgan fingerprint density at radius 2 is 1.93 bits per heavy atom. The SMILES string of the molecule is CN=C(NCCN(C)C1CCCCC1)NCc1cc(F)ccc1CS(C)(=O)=O. The molecule has 158 valence electrons. The number of rotatable bonds is 8. The van der Waals surface area contributed by atoms with Crippen molar-refractivity contribution in [2.24, 2.45) is 4.99 Å². The van der Waals surface area contributed by atoms with Crippen LogP contribution >= 0.6 is 0 Å². The molecular weight excluding hydrogens is 379 g/mol. The summed E-state index contributed by atoms with van der Waals surface area (Å²) in [5.41, 5.74) is 1.22. The zero-order chi connectivity index (χ0) is 20.6. The van der Waals surface area contributed by atoms with E-state index in [2.05, 4.69) is 27.6 Å². The highest BCUT2D eigenvalue weighted by Crippen LogP contribution is 2.21. The molecule has 1 saturated carbocycles. The Bertz CT molecular complexity index is 761. The molecule has 2 N–H and O–H groups in total. The van der Waals surface area contributed by atoms with E-state index >= 15 is 0 Å². The van der Waals surface area contributed by atoms with E-state index in [9.17, 15) is 12.8 Å². The van der Waals surface area contributed by atoms with E-state index in [1.807, 2.05) is 0 Å². The molecule has 6 nitrogen and oxygen atoms in total. The molecule has 0 heterocycles. The number of hydrogen-bond donors (Lipinski definition) is 2. The molecule has 8 heteroatoms. The van der Waals surface area contributed by atoms with Crippen molar-refractivity contribution in [2.75, 3.05) is 33.4 Å². The van der Waals surface area contributed by atoms with Crippen LogP contribution in [0.3, 0.4) is 0 Å². The summed E-state index contributed by atoms with van der Waals surface area (Å²) in [6, 6.07) is 4.86. The van der Waals surface area contributed by atoms with Crippen LogP contribution in [0.2, 0.25) is 0 Å². The van der Waals surface area contributed by atoms with Crippen molar-refractivity contribution in [2.45, 2.75) is 50.4 Å². The zero-order valence-corrected chi connectivity index (χ0v) is 18.0. The van der Waals surface area contributed by atoms with Crippen molar-refractivity contribution in [3.8, 4) is 0 Å². The normalized spacial score (nSPS) is 16.4. The van der Waals surface area contributed by atoms with Gasteiger partial charge in [0.1, 0.15) is 5.82 Å². The van der Waals surface area contributed by atoms with Crippen LogP contribution in [0.15, 0.2) is 23.2 Å². The summed E-state index contributed by atoms with van der Waals surface area (Å²) in [6.07, 6.45) is 7.69. The molecule has 0 atom stereocenters. The van der Waals surface area contributed by atoms with Gasteiger partial charge < -0.3 is 15.5 Å². The standard InChI is InChI=1S/C20H33FN4O2S/c1-22-20(23-11-12-25(2)19-7-5-4-6-8-19)24-14-17-13-18(21)10-9-16(17)15-28(3,26)27/h9-10,13,19H,4-8,11-12,14-15H2,1-3H3,(H2,22,23,24). The molecular formula is C20H33FN4O2S. The summed E-state index contributed by atoms with van der Waals surface area (Å²) >= 11 is 0. The molecule has 1 aliphatic rings. The van der Waals surface area contributed by atoms with Crippen LogP contribution < -0.4 is 10.6 Å². The fourth-order valence-electron chi connectivity index (χ4n) is 3.64. The average Bonchev–Trinajstić information content (AvgIpc) is 2.66. The summed E-state index contributed by atoms with van der Waals surface area (Å²) in [7, 11) is 0.656. The third-order valence-electron chi connectivity index (χ3n) is 5.21. The Morgan fingerprint density at radius 3 is 2.57 bits per heavy atom. The summed E-state index contributed by atoms with van der Waals surface area (Å²) < 4.78 is 36.9. The zero-order valence-electron chi connectivity index (χ0n) is 17.2. The first kappa shape index (κ1) is 22.6. The summed E-state index contributed by atoms with van der Waals surface area (Å²) in [5.74, 6) is 0.125. The molecule has 1 fully saturated rings. The first-order valence-corrected chi connectivity index (χ1v) is 11.9. The number of nitrogens with one attached hydrogen (secondary N) is 2. The first-order chi connectivity index (χ1) is 13.3. The lowest BCUT2D eigenvalue weighted by Gasteiger charge is -2.31. The van der Waals surface area contributed by atoms with E-state index < -0.39 is 9.84 Å². The molecule has 1 aliphatic carbocycles. The van der Waals surface area contributed by atoms with Crippen LogP contribution in [0.5, 0.6) is 0 Å². The molecule has 0 aromatic heterocycles. The van der Waals surface area contributed by atoms with Crippen LogP contribution in [0, 0.1) is 5.82 Å². The van der Waals surface area contributed by atoms with E-state index in [4.69, 9.17) is 0 Å². The molecule has 2 rings (SSSR count). The minimum atomic E-state index is -3.19. The predicted molar refractivity (Wildman–Crippen MR) is 113 cm³/mol. The second-order valence-electron chi connectivity index (χ2n) is 7.61. The number of aliphatic imine (C=N–C) groups is 1. The van der Waals surface area contributed by atoms with Crippen LogP contribution in [-0.4, -0.2) is 58.8 Å². The van der Waals surface area contributed by atoms with Crippen molar-refractivity contribution < 1.29 is 12.8 Å². The lowest BCUT2D eigenvalue weighted by Crippen LogP contribution is -2.43. The number of nitrogens with zero attached hydrogens (tertiary/aromatic N) is 2. The van der Waals surface area contributed by atoms with Gasteiger partial charge in [0.25, 0.3) is 0 Å². The van der Waals surface area contributed by atoms with Crippen molar-refractivity contribution in [3.63, 3.8) is 0 Å². The predicted octanol–water partition coefficient (Wildman–Crippen LogP) is 2.30. The van der Waals surface area contributed by atoms with Gasteiger partial charge in [-0.2, -0.15) is 0 Å². The fraction of sp³-hybridized carbons (Fsp3) is 0.650. The maximum absolute atomic E-state index is 13.6. The average molecular weight is 413 g/mol. The van der Waals surface area contributed by atoms with Crippen LogP contribution in [0.1, 0.15) is 43.2 Å². The molecule has 0 amide bonds. The summed E-state index contributed by atoms with van der Waals surface area (Å²) in [6.45, 7) is 1.98. The molecule has 0 radical (unpaired) electrons. The molecule has 1 aromatic carbocycles. The third-order valence-corrected chi connectivity index (χ3v) is 6.05. The van der Waals surface area contributed by atoms with Crippen LogP contribution in [0.25, 0.3) is 0 Å². The van der Waals surface area contributed by atoms with Gasteiger partial charge in [0, 0.05) is 39.0 Å². The van der Waals surface area contributed by atoms with Gasteiger partial charge in [-0.3, -0.25) is 4.99 Å². The lowest BCUT2D eigenvalue weighted by atomic mass is 9.94. The summed E-state index contributed by atoms with van der Waals surface area (Å²) in [5, 5.41) is 6.43. The van der Waals surface area contributed by atoms with Crippen molar-refractivity contribution >= 4 is 15.8 Å². The first-order valence-electron chi connectivity index (χ1n) is 9.88. The van der Waals surface area contributed by atoms with Gasteiger partial charge in [-0.15, -0.1) is 0 Å². The summed E-state index contributed by atoms with van der Waals surface area (Å²) in [4.78, 5) is 6.60. The Hall–Kier alpha value is -1.67. The van der Waals surface area contributed by atoms with Crippen LogP contribution in [-0.2, 0) is 22.1 Å². The van der Waals surface area contributed by atoms with Crippen molar-refractivity contribution in [1.29, 1.82) is 0 Å². The van der Waals surface area contributed by atoms with E-state index in [1.54, 1.807) is 7.05 Å². The number of sulfone groups is 1. The van der Waals surface area contributed by atoms with Gasteiger partial charge in [-0.05, 0) is 43.1 Å². The van der Waals surface area contributed by atoms with Crippen LogP contribution in [0.4, 0.5) is 4.39 Å². The maximum atomic E-state index is 13.6. The number of benzene rings is 1. The lowest BCUT2D eigenvalue weighted by molar-refractivity contribution is 0.194. The fourth-order valence-corrected chi connectivity index (χ4v) is 4.48. The second kappa shape index (κ2) is 10.8. The second-order valence-corrected chi connectivity index (χ2v) is 9.75. The van der Waals surface area contributed by atoms with Gasteiger partial charge in [0.2, 0.25) is 0 Å². The highest BCUT2D eigenvalue weighted by atomic mass is 32.2. The Morgan fingerprint density at radius 1 is 1.21 bits per heavy atom. The van der Waals surface area contributed by atoms with Gasteiger partial charge in [0.05, 0.1) is 5.75 Å². The molecule has 0 aliphatic heterocycles. The Balaban J connectivity index is 1.85. The number of hydrogen-bond acceptors (Lipinski definition) is 4. The minimum absolute atomic E-state index is 0.109. The van der Waals surface area contributed by atoms with Crippen molar-refractivity contribution in [3.05, 3.63) is 35.1 Å². The molecule has 0 saturated heterocycles. The van der Waals surface area contributed by atoms with E-state index in [-0.39, 0.29) is 11.6 Å². The monoisotopic (exact) mass is 412 g/mol. The van der Waals surface area contributed by atoms with Gasteiger partial charge >= 0.3 is 0 Å². The highest BCUT2D eigenvalue weighted by molar-refractivity contribution is 7.89. The Labute approximate surface area is 168 Å². The number of likely N-dealkylation sites (N-methyl/N-ethyl adjacent to an activating group) is 1. The molecule has 0 unspecified atom stereocenters.